The van der Waals surface area contributed by atoms with E-state index in [9.17, 15) is 9.59 Å². The average Bonchev–Trinajstić information content (AvgIpc) is 3.08. The summed E-state index contributed by atoms with van der Waals surface area (Å²) in [4.78, 5) is 29.8. The summed E-state index contributed by atoms with van der Waals surface area (Å²) < 4.78 is 5.06. The number of aryl methyl sites for hydroxylation is 1. The molecule has 7 heteroatoms. The summed E-state index contributed by atoms with van der Waals surface area (Å²) in [6.45, 7) is 6.31. The molecule has 132 valence electrons. The lowest BCUT2D eigenvalue weighted by atomic mass is 10.1. The summed E-state index contributed by atoms with van der Waals surface area (Å²) in [5.74, 6) is -0.877. The van der Waals surface area contributed by atoms with Crippen LogP contribution in [0.5, 0.6) is 0 Å². The van der Waals surface area contributed by atoms with E-state index in [4.69, 9.17) is 4.74 Å². The molecule has 0 bridgehead atoms. The van der Waals surface area contributed by atoms with Crippen molar-refractivity contribution in [2.24, 2.45) is 0 Å². The molecule has 0 aliphatic carbocycles. The van der Waals surface area contributed by atoms with Crippen LogP contribution in [0.1, 0.15) is 21.6 Å². The third-order valence-corrected chi connectivity index (χ3v) is 4.33. The summed E-state index contributed by atoms with van der Waals surface area (Å²) in [5, 5.41) is 5.19. The van der Waals surface area contributed by atoms with Gasteiger partial charge in [0.15, 0.2) is 17.4 Å². The van der Waals surface area contributed by atoms with E-state index in [1.54, 1.807) is 18.5 Å². The summed E-state index contributed by atoms with van der Waals surface area (Å²) in [6, 6.07) is 7.85. The van der Waals surface area contributed by atoms with Gasteiger partial charge in [0.25, 0.3) is 5.91 Å². The molecule has 0 fully saturated rings. The van der Waals surface area contributed by atoms with Crippen LogP contribution in [0, 0.1) is 6.92 Å². The zero-order chi connectivity index (χ0) is 18.2. The molecular weight excluding hydrogens is 338 g/mol. The Morgan fingerprint density at radius 2 is 2.16 bits per heavy atom. The topological polar surface area (TPSA) is 71.5 Å². The maximum Gasteiger partial charge on any atom is 0.358 e. The van der Waals surface area contributed by atoms with Crippen molar-refractivity contribution in [3.63, 3.8) is 0 Å². The summed E-state index contributed by atoms with van der Waals surface area (Å²) in [6.07, 6.45) is 1.70. The number of rotatable bonds is 8. The highest BCUT2D eigenvalue weighted by Crippen LogP contribution is 2.16. The molecule has 6 nitrogen and oxygen atoms in total. The van der Waals surface area contributed by atoms with E-state index >= 15 is 0 Å². The van der Waals surface area contributed by atoms with Gasteiger partial charge in [-0.2, -0.15) is 0 Å². The molecule has 1 aromatic carbocycles. The molecule has 0 aliphatic rings. The molecule has 0 spiro atoms. The van der Waals surface area contributed by atoms with Crippen molar-refractivity contribution in [1.29, 1.82) is 0 Å². The number of nitrogens with zero attached hydrogens (tertiary/aromatic N) is 2. The Hall–Kier alpha value is -2.67. The Morgan fingerprint density at radius 1 is 1.40 bits per heavy atom. The van der Waals surface area contributed by atoms with Gasteiger partial charge in [-0.15, -0.1) is 17.9 Å². The molecule has 0 saturated carbocycles. The molecule has 0 aliphatic heterocycles. The van der Waals surface area contributed by atoms with E-state index in [1.165, 1.54) is 16.2 Å². The minimum atomic E-state index is -0.611. The summed E-state index contributed by atoms with van der Waals surface area (Å²) in [5.41, 5.74) is 2.36. The van der Waals surface area contributed by atoms with Crippen molar-refractivity contribution in [3.8, 4) is 0 Å². The fourth-order valence-electron chi connectivity index (χ4n) is 2.05. The molecule has 1 N–H and O–H groups in total. The fraction of sp³-hybridized carbons (Fsp3) is 0.278. The van der Waals surface area contributed by atoms with Gasteiger partial charge < -0.3 is 15.0 Å². The van der Waals surface area contributed by atoms with Gasteiger partial charge in [-0.25, -0.2) is 9.78 Å². The van der Waals surface area contributed by atoms with Crippen molar-refractivity contribution >= 4 is 28.3 Å². The Labute approximate surface area is 151 Å². The minimum absolute atomic E-state index is 0.186. The molecule has 0 saturated heterocycles. The second kappa shape index (κ2) is 8.98. The second-order valence-electron chi connectivity index (χ2n) is 5.46. The number of esters is 1. The molecule has 2 rings (SSSR count). The number of hydrogen-bond acceptors (Lipinski definition) is 6. The van der Waals surface area contributed by atoms with Gasteiger partial charge in [0, 0.05) is 25.5 Å². The molecule has 0 radical (unpaired) electrons. The van der Waals surface area contributed by atoms with E-state index < -0.39 is 5.97 Å². The summed E-state index contributed by atoms with van der Waals surface area (Å²) in [7, 11) is 1.68. The van der Waals surface area contributed by atoms with Crippen LogP contribution < -0.4 is 5.32 Å². The third-order valence-electron chi connectivity index (χ3n) is 3.53. The van der Waals surface area contributed by atoms with Gasteiger partial charge in [-0.3, -0.25) is 4.79 Å². The number of likely N-dealkylation sites (N-methyl/N-ethyl adjacent to an activating group) is 1. The van der Waals surface area contributed by atoms with Crippen molar-refractivity contribution in [2.45, 2.75) is 13.5 Å². The first kappa shape index (κ1) is 18.7. The number of ether oxygens (including phenoxy) is 1. The lowest BCUT2D eigenvalue weighted by Gasteiger charge is -2.18. The van der Waals surface area contributed by atoms with Crippen LogP contribution in [-0.2, 0) is 16.1 Å². The maximum atomic E-state index is 12.1. The molecule has 0 atom stereocenters. The largest absolute Gasteiger partial charge is 0.451 e. The molecular formula is C18H21N3O3S. The molecule has 25 heavy (non-hydrogen) atoms. The number of amides is 1. The van der Waals surface area contributed by atoms with Crippen LogP contribution in [0.4, 0.5) is 5.13 Å². The fourth-order valence-corrected chi connectivity index (χ4v) is 2.74. The van der Waals surface area contributed by atoms with Crippen molar-refractivity contribution in [2.75, 3.05) is 25.5 Å². The van der Waals surface area contributed by atoms with Crippen molar-refractivity contribution in [1.82, 2.24) is 9.88 Å². The molecule has 0 unspecified atom stereocenters. The molecule has 1 heterocycles. The summed E-state index contributed by atoms with van der Waals surface area (Å²) >= 11 is 1.30. The number of thiazole rings is 1. The van der Waals surface area contributed by atoms with Crippen molar-refractivity contribution < 1.29 is 14.3 Å². The number of aromatic nitrogens is 1. The van der Waals surface area contributed by atoms with Gasteiger partial charge in [-0.05, 0) is 18.1 Å². The van der Waals surface area contributed by atoms with E-state index in [-0.39, 0.29) is 18.2 Å². The smallest absolute Gasteiger partial charge is 0.358 e. The number of nitrogens with one attached hydrogen (secondary N) is 1. The minimum Gasteiger partial charge on any atom is -0.451 e. The maximum absolute atomic E-state index is 12.1. The first-order valence-electron chi connectivity index (χ1n) is 7.77. The van der Waals surface area contributed by atoms with Crippen LogP contribution in [0.15, 0.2) is 42.3 Å². The average molecular weight is 359 g/mol. The highest BCUT2D eigenvalue weighted by Gasteiger charge is 2.16. The Balaban J connectivity index is 1.84. The third kappa shape index (κ3) is 5.42. The zero-order valence-corrected chi connectivity index (χ0v) is 15.1. The predicted octanol–water partition coefficient (Wildman–Crippen LogP) is 2.86. The van der Waals surface area contributed by atoms with Crippen LogP contribution in [0.25, 0.3) is 0 Å². The van der Waals surface area contributed by atoms with Gasteiger partial charge in [0.2, 0.25) is 0 Å². The van der Waals surface area contributed by atoms with Crippen LogP contribution in [0.2, 0.25) is 0 Å². The predicted molar refractivity (Wildman–Crippen MR) is 98.7 cm³/mol. The Morgan fingerprint density at radius 3 is 2.88 bits per heavy atom. The molecule has 2 aromatic rings. The van der Waals surface area contributed by atoms with E-state index in [1.807, 2.05) is 31.2 Å². The van der Waals surface area contributed by atoms with Crippen LogP contribution in [0.3, 0.4) is 0 Å². The Kier molecular flexibility index (Phi) is 6.71. The van der Waals surface area contributed by atoms with Crippen LogP contribution >= 0.6 is 11.3 Å². The Bertz CT molecular complexity index is 758. The van der Waals surface area contributed by atoms with Gasteiger partial charge in [-0.1, -0.05) is 30.3 Å². The number of carbonyl (C=O) groups is 2. The highest BCUT2D eigenvalue weighted by atomic mass is 32.1. The van der Waals surface area contributed by atoms with E-state index in [0.29, 0.717) is 18.2 Å². The quantitative estimate of drug-likeness (QED) is 0.580. The SMILES string of the molecule is C=CCNc1nc(C(=O)OCC(=O)N(C)Cc2ccccc2C)cs1. The normalized spacial score (nSPS) is 10.2. The second-order valence-corrected chi connectivity index (χ2v) is 6.32. The van der Waals surface area contributed by atoms with Crippen LogP contribution in [-0.4, -0.2) is 42.0 Å². The molecule has 1 aromatic heterocycles. The van der Waals surface area contributed by atoms with Gasteiger partial charge in [0.05, 0.1) is 0 Å². The number of hydrogen-bond donors (Lipinski definition) is 1. The van der Waals surface area contributed by atoms with Gasteiger partial charge >= 0.3 is 5.97 Å². The lowest BCUT2D eigenvalue weighted by Crippen LogP contribution is -2.31. The lowest BCUT2D eigenvalue weighted by molar-refractivity contribution is -0.133. The first-order chi connectivity index (χ1) is 12.0. The number of carbonyl (C=O) groups excluding carboxylic acids is 2. The number of anilines is 1. The first-order valence-corrected chi connectivity index (χ1v) is 8.65. The van der Waals surface area contributed by atoms with E-state index in [2.05, 4.69) is 16.9 Å². The number of benzene rings is 1. The van der Waals surface area contributed by atoms with Crippen molar-refractivity contribution in [3.05, 3.63) is 59.1 Å². The highest BCUT2D eigenvalue weighted by molar-refractivity contribution is 7.13. The molecule has 1 amide bonds. The zero-order valence-electron chi connectivity index (χ0n) is 14.3. The monoisotopic (exact) mass is 359 g/mol. The standard InChI is InChI=1S/C18H21N3O3S/c1-4-9-19-18-20-15(12-25-18)17(23)24-11-16(22)21(3)10-14-8-6-5-7-13(14)2/h4-8,12H,1,9-11H2,2-3H3,(H,19,20). The van der Waals surface area contributed by atoms with Gasteiger partial charge in [0.1, 0.15) is 0 Å². The van der Waals surface area contributed by atoms with E-state index in [0.717, 1.165) is 11.1 Å².